The number of morpholine rings is 1. The Hall–Kier alpha value is -0.690. The zero-order chi connectivity index (χ0) is 13.6. The third-order valence-electron chi connectivity index (χ3n) is 3.14. The molecule has 1 rings (SSSR count). The van der Waals surface area contributed by atoms with Gasteiger partial charge < -0.3 is 19.9 Å². The Balaban J connectivity index is 2.27. The second-order valence-corrected chi connectivity index (χ2v) is 4.78. The lowest BCUT2D eigenvalue weighted by Gasteiger charge is -2.32. The van der Waals surface area contributed by atoms with Gasteiger partial charge in [-0.2, -0.15) is 0 Å². The molecule has 0 amide bonds. The van der Waals surface area contributed by atoms with Gasteiger partial charge in [-0.1, -0.05) is 6.92 Å². The van der Waals surface area contributed by atoms with Crippen molar-refractivity contribution in [1.82, 2.24) is 10.2 Å². The van der Waals surface area contributed by atoms with Gasteiger partial charge >= 0.3 is 5.97 Å². The van der Waals surface area contributed by atoms with E-state index in [2.05, 4.69) is 21.9 Å². The van der Waals surface area contributed by atoms with E-state index >= 15 is 0 Å². The van der Waals surface area contributed by atoms with E-state index in [4.69, 9.17) is 4.74 Å². The zero-order valence-corrected chi connectivity index (χ0v) is 11.4. The van der Waals surface area contributed by atoms with Gasteiger partial charge in [0.2, 0.25) is 0 Å². The largest absolute Gasteiger partial charge is 0.467 e. The molecule has 0 aromatic carbocycles. The van der Waals surface area contributed by atoms with Gasteiger partial charge in [-0.05, 0) is 13.5 Å². The third kappa shape index (κ3) is 4.53. The zero-order valence-electron chi connectivity index (χ0n) is 11.4. The highest BCUT2D eigenvalue weighted by Crippen LogP contribution is 2.06. The fraction of sp³-hybridized carbons (Fsp3) is 0.917. The van der Waals surface area contributed by atoms with E-state index in [9.17, 15) is 9.90 Å². The number of rotatable bonds is 6. The van der Waals surface area contributed by atoms with Crippen molar-refractivity contribution in [1.29, 1.82) is 0 Å². The predicted molar refractivity (Wildman–Crippen MR) is 67.4 cm³/mol. The van der Waals surface area contributed by atoms with Crippen LogP contribution >= 0.6 is 0 Å². The molecule has 0 aliphatic carbocycles. The second-order valence-electron chi connectivity index (χ2n) is 4.78. The monoisotopic (exact) mass is 260 g/mol. The molecule has 1 saturated heterocycles. The number of carbonyl (C=O) groups excluding carboxylic acids is 1. The van der Waals surface area contributed by atoms with Crippen molar-refractivity contribution in [3.63, 3.8) is 0 Å². The van der Waals surface area contributed by atoms with Gasteiger partial charge in [0.25, 0.3) is 0 Å². The lowest BCUT2D eigenvalue weighted by Crippen LogP contribution is -2.50. The van der Waals surface area contributed by atoms with Crippen LogP contribution in [0.3, 0.4) is 0 Å². The van der Waals surface area contributed by atoms with Gasteiger partial charge in [0.15, 0.2) is 5.60 Å². The Labute approximate surface area is 108 Å². The lowest BCUT2D eigenvalue weighted by molar-refractivity contribution is -0.160. The predicted octanol–water partition coefficient (Wildman–Crippen LogP) is -0.779. The van der Waals surface area contributed by atoms with Crippen molar-refractivity contribution in [2.45, 2.75) is 25.6 Å². The summed E-state index contributed by atoms with van der Waals surface area (Å²) < 4.78 is 10.1. The van der Waals surface area contributed by atoms with Crippen molar-refractivity contribution < 1.29 is 19.4 Å². The number of hydrogen-bond donors (Lipinski definition) is 2. The van der Waals surface area contributed by atoms with Crippen LogP contribution in [0.2, 0.25) is 0 Å². The summed E-state index contributed by atoms with van der Waals surface area (Å²) in [4.78, 5) is 13.6. The average molecular weight is 260 g/mol. The van der Waals surface area contributed by atoms with Crippen LogP contribution in [-0.4, -0.2) is 74.1 Å². The summed E-state index contributed by atoms with van der Waals surface area (Å²) >= 11 is 0. The molecule has 2 atom stereocenters. The average Bonchev–Trinajstić information content (AvgIpc) is 2.37. The number of aliphatic hydroxyl groups is 1. The molecule has 1 aliphatic heterocycles. The summed E-state index contributed by atoms with van der Waals surface area (Å²) in [6.45, 7) is 7.92. The van der Waals surface area contributed by atoms with Gasteiger partial charge in [-0.25, -0.2) is 4.79 Å². The van der Waals surface area contributed by atoms with Crippen molar-refractivity contribution in [2.75, 3.05) is 46.4 Å². The molecule has 0 saturated carbocycles. The van der Waals surface area contributed by atoms with Crippen LogP contribution < -0.4 is 5.32 Å². The molecule has 0 radical (unpaired) electrons. The molecule has 1 aliphatic rings. The van der Waals surface area contributed by atoms with Crippen LogP contribution in [0, 0.1) is 0 Å². The van der Waals surface area contributed by atoms with E-state index in [-0.39, 0.29) is 12.6 Å². The molecule has 6 nitrogen and oxygen atoms in total. The maximum Gasteiger partial charge on any atom is 0.338 e. The maximum atomic E-state index is 11.3. The molecule has 18 heavy (non-hydrogen) atoms. The van der Waals surface area contributed by atoms with Crippen molar-refractivity contribution in [2.24, 2.45) is 0 Å². The Kier molecular flexibility index (Phi) is 6.01. The highest BCUT2D eigenvalue weighted by Gasteiger charge is 2.31. The Morgan fingerprint density at radius 2 is 2.39 bits per heavy atom. The molecule has 0 aromatic rings. The summed E-state index contributed by atoms with van der Waals surface area (Å²) in [5, 5.41) is 12.9. The summed E-state index contributed by atoms with van der Waals surface area (Å²) in [7, 11) is 1.26. The van der Waals surface area contributed by atoms with E-state index in [0.717, 1.165) is 26.2 Å². The number of likely N-dealkylation sites (N-methyl/N-ethyl adjacent to an activating group) is 1. The third-order valence-corrected chi connectivity index (χ3v) is 3.14. The van der Waals surface area contributed by atoms with Crippen LogP contribution in [0.4, 0.5) is 0 Å². The first-order chi connectivity index (χ1) is 8.49. The maximum absolute atomic E-state index is 11.3. The van der Waals surface area contributed by atoms with E-state index in [1.54, 1.807) is 0 Å². The smallest absolute Gasteiger partial charge is 0.338 e. The van der Waals surface area contributed by atoms with Crippen molar-refractivity contribution >= 4 is 5.97 Å². The molecule has 6 heteroatoms. The fourth-order valence-electron chi connectivity index (χ4n) is 1.96. The minimum absolute atomic E-state index is 0.104. The molecule has 2 unspecified atom stereocenters. The molecule has 0 spiro atoms. The van der Waals surface area contributed by atoms with E-state index < -0.39 is 11.6 Å². The SMILES string of the molecule is CCN1CCOC(CNCC(C)(O)C(=O)OC)C1. The van der Waals surface area contributed by atoms with E-state index in [1.165, 1.54) is 14.0 Å². The number of esters is 1. The molecule has 1 heterocycles. The Bertz CT molecular complexity index is 271. The fourth-order valence-corrected chi connectivity index (χ4v) is 1.96. The van der Waals surface area contributed by atoms with Crippen LogP contribution in [-0.2, 0) is 14.3 Å². The van der Waals surface area contributed by atoms with Crippen LogP contribution in [0.1, 0.15) is 13.8 Å². The molecular formula is C12H24N2O4. The van der Waals surface area contributed by atoms with E-state index in [1.807, 2.05) is 0 Å². The minimum atomic E-state index is -1.49. The lowest BCUT2D eigenvalue weighted by atomic mass is 10.1. The van der Waals surface area contributed by atoms with E-state index in [0.29, 0.717) is 6.54 Å². The highest BCUT2D eigenvalue weighted by atomic mass is 16.5. The van der Waals surface area contributed by atoms with Crippen molar-refractivity contribution in [3.8, 4) is 0 Å². The summed E-state index contributed by atoms with van der Waals surface area (Å²) in [5.74, 6) is -0.630. The minimum Gasteiger partial charge on any atom is -0.467 e. The second kappa shape index (κ2) is 7.04. The highest BCUT2D eigenvalue weighted by molar-refractivity contribution is 5.78. The number of nitrogens with zero attached hydrogens (tertiary/aromatic N) is 1. The van der Waals surface area contributed by atoms with Crippen LogP contribution in [0.25, 0.3) is 0 Å². The number of hydrogen-bond acceptors (Lipinski definition) is 6. The number of carbonyl (C=O) groups is 1. The summed E-state index contributed by atoms with van der Waals surface area (Å²) in [6.07, 6.45) is 0.104. The van der Waals surface area contributed by atoms with Gasteiger partial charge in [0.05, 0.1) is 19.8 Å². The van der Waals surface area contributed by atoms with Crippen LogP contribution in [0.15, 0.2) is 0 Å². The first-order valence-electron chi connectivity index (χ1n) is 6.35. The molecule has 0 aromatic heterocycles. The summed E-state index contributed by atoms with van der Waals surface area (Å²) in [5.41, 5.74) is -1.49. The molecule has 2 N–H and O–H groups in total. The quantitative estimate of drug-likeness (QED) is 0.611. The topological polar surface area (TPSA) is 71.0 Å². The van der Waals surface area contributed by atoms with Gasteiger partial charge in [0, 0.05) is 26.2 Å². The van der Waals surface area contributed by atoms with Gasteiger partial charge in [-0.15, -0.1) is 0 Å². The molecule has 106 valence electrons. The Morgan fingerprint density at radius 3 is 3.00 bits per heavy atom. The molecule has 1 fully saturated rings. The molecule has 0 bridgehead atoms. The number of nitrogens with one attached hydrogen (secondary N) is 1. The normalized spacial score (nSPS) is 24.6. The van der Waals surface area contributed by atoms with Crippen LogP contribution in [0.5, 0.6) is 0 Å². The first kappa shape index (κ1) is 15.4. The Morgan fingerprint density at radius 1 is 1.67 bits per heavy atom. The number of methoxy groups -OCH3 is 1. The first-order valence-corrected chi connectivity index (χ1v) is 6.35. The van der Waals surface area contributed by atoms with Crippen molar-refractivity contribution in [3.05, 3.63) is 0 Å². The number of ether oxygens (including phenoxy) is 2. The summed E-state index contributed by atoms with van der Waals surface area (Å²) in [6, 6.07) is 0. The van der Waals surface area contributed by atoms with Gasteiger partial charge in [-0.3, -0.25) is 4.90 Å². The molecular weight excluding hydrogens is 236 g/mol. The van der Waals surface area contributed by atoms with Gasteiger partial charge in [0.1, 0.15) is 0 Å². The standard InChI is InChI=1S/C12H24N2O4/c1-4-14-5-6-18-10(8-14)7-13-9-12(2,16)11(15)17-3/h10,13,16H,4-9H2,1-3H3.